The summed E-state index contributed by atoms with van der Waals surface area (Å²) < 4.78 is 11.0. The van der Waals surface area contributed by atoms with E-state index in [1.165, 1.54) is 34.7 Å². The number of fused-ring (bicyclic) bond motifs is 1. The Balaban J connectivity index is 1.49. The lowest BCUT2D eigenvalue weighted by Crippen LogP contribution is -2.13. The van der Waals surface area contributed by atoms with Gasteiger partial charge in [-0.25, -0.2) is 4.79 Å². The number of methoxy groups -OCH3 is 1. The van der Waals surface area contributed by atoms with Crippen LogP contribution in [0.25, 0.3) is 0 Å². The Bertz CT molecular complexity index is 1120. The molecule has 0 atom stereocenters. The normalized spacial score (nSPS) is 13.2. The van der Waals surface area contributed by atoms with Gasteiger partial charge in [0.15, 0.2) is 0 Å². The third kappa shape index (κ3) is 4.74. The average molecular weight is 470 g/mol. The summed E-state index contributed by atoms with van der Waals surface area (Å²) in [7, 11) is 1.39. The monoisotopic (exact) mass is 469 g/mol. The van der Waals surface area contributed by atoms with E-state index in [1.807, 2.05) is 43.5 Å². The predicted molar refractivity (Wildman–Crippen MR) is 129 cm³/mol. The van der Waals surface area contributed by atoms with E-state index in [0.29, 0.717) is 22.0 Å². The first-order valence-electron chi connectivity index (χ1n) is 10.8. The van der Waals surface area contributed by atoms with Crippen LogP contribution >= 0.6 is 22.7 Å². The molecule has 0 fully saturated rings. The molecular weight excluding hydrogens is 442 g/mol. The molecule has 0 spiro atoms. The Morgan fingerprint density at radius 3 is 2.59 bits per heavy atom. The molecule has 1 aliphatic rings. The van der Waals surface area contributed by atoms with E-state index >= 15 is 0 Å². The number of carbonyl (C=O) groups excluding carboxylic acids is 2. The number of hydrogen-bond acceptors (Lipinski definition) is 6. The molecule has 0 radical (unpaired) electrons. The van der Waals surface area contributed by atoms with Gasteiger partial charge in [-0.1, -0.05) is 24.6 Å². The molecule has 1 N–H and O–H groups in total. The van der Waals surface area contributed by atoms with Crippen molar-refractivity contribution in [3.8, 4) is 5.75 Å². The maximum Gasteiger partial charge on any atom is 0.341 e. The largest absolute Gasteiger partial charge is 0.488 e. The fourth-order valence-electron chi connectivity index (χ4n) is 4.07. The molecular formula is C25H27NO4S2. The third-order valence-corrected chi connectivity index (χ3v) is 7.89. The molecule has 0 saturated heterocycles. The van der Waals surface area contributed by atoms with Crippen LogP contribution < -0.4 is 10.1 Å². The molecule has 32 heavy (non-hydrogen) atoms. The fraction of sp³-hybridized carbons (Fsp3) is 0.360. The molecule has 2 heterocycles. The van der Waals surface area contributed by atoms with Gasteiger partial charge < -0.3 is 14.8 Å². The standard InChI is InChI=1S/C25H27NO4S2/c1-15-8-7-9-16(2)22(15)30-13-17-12-20(31-14-17)23(27)26-24-21(25(28)29-3)18-10-5-4-6-11-19(18)32-24/h7-9,12,14H,4-6,10-11,13H2,1-3H3,(H,26,27). The molecule has 3 aromatic rings. The summed E-state index contributed by atoms with van der Waals surface area (Å²) in [6.45, 7) is 4.45. The first kappa shape index (κ1) is 22.6. The first-order chi connectivity index (χ1) is 15.5. The molecule has 5 nitrogen and oxygen atoms in total. The van der Waals surface area contributed by atoms with Crippen molar-refractivity contribution in [3.63, 3.8) is 0 Å². The van der Waals surface area contributed by atoms with Crippen LogP contribution in [0.1, 0.15) is 66.4 Å². The molecule has 0 aliphatic heterocycles. The van der Waals surface area contributed by atoms with Gasteiger partial charge in [-0.15, -0.1) is 22.7 Å². The van der Waals surface area contributed by atoms with E-state index in [9.17, 15) is 9.59 Å². The minimum atomic E-state index is -0.381. The van der Waals surface area contributed by atoms with E-state index in [1.54, 1.807) is 0 Å². The van der Waals surface area contributed by atoms with Gasteiger partial charge in [-0.3, -0.25) is 4.79 Å². The molecule has 1 aliphatic carbocycles. The van der Waals surface area contributed by atoms with Crippen molar-refractivity contribution in [1.29, 1.82) is 0 Å². The summed E-state index contributed by atoms with van der Waals surface area (Å²) in [5, 5.41) is 5.50. The van der Waals surface area contributed by atoms with Gasteiger partial charge in [0, 0.05) is 10.4 Å². The van der Waals surface area contributed by atoms with Crippen molar-refractivity contribution in [1.82, 2.24) is 0 Å². The minimum absolute atomic E-state index is 0.213. The minimum Gasteiger partial charge on any atom is -0.488 e. The summed E-state index contributed by atoms with van der Waals surface area (Å²) in [6, 6.07) is 7.91. The van der Waals surface area contributed by atoms with E-state index in [-0.39, 0.29) is 11.9 Å². The summed E-state index contributed by atoms with van der Waals surface area (Å²) in [5.41, 5.74) is 4.69. The predicted octanol–water partition coefficient (Wildman–Crippen LogP) is 6.31. The summed E-state index contributed by atoms with van der Waals surface area (Å²) in [4.78, 5) is 27.2. The zero-order valence-electron chi connectivity index (χ0n) is 18.6. The third-order valence-electron chi connectivity index (χ3n) is 5.71. The summed E-state index contributed by atoms with van der Waals surface area (Å²) >= 11 is 2.88. The molecule has 168 valence electrons. The molecule has 1 amide bonds. The zero-order chi connectivity index (χ0) is 22.7. The van der Waals surface area contributed by atoms with Gasteiger partial charge in [0.1, 0.15) is 17.4 Å². The van der Waals surface area contributed by atoms with Crippen LogP contribution in [0.2, 0.25) is 0 Å². The Kier molecular flexibility index (Phi) is 6.96. The maximum atomic E-state index is 13.0. The van der Waals surface area contributed by atoms with E-state index in [4.69, 9.17) is 9.47 Å². The number of ether oxygens (including phenoxy) is 2. The van der Waals surface area contributed by atoms with Gasteiger partial charge in [0.05, 0.1) is 17.6 Å². The summed E-state index contributed by atoms with van der Waals surface area (Å²) in [5.74, 6) is 0.288. The molecule has 7 heteroatoms. The Hall–Kier alpha value is -2.64. The second-order valence-corrected chi connectivity index (χ2v) is 10.1. The number of esters is 1. The smallest absolute Gasteiger partial charge is 0.341 e. The lowest BCUT2D eigenvalue weighted by Gasteiger charge is -2.11. The molecule has 2 aromatic heterocycles. The lowest BCUT2D eigenvalue weighted by molar-refractivity contribution is 0.0601. The number of hydrogen-bond donors (Lipinski definition) is 1. The quantitative estimate of drug-likeness (QED) is 0.339. The van der Waals surface area contributed by atoms with Crippen molar-refractivity contribution in [2.45, 2.75) is 52.6 Å². The molecule has 0 bridgehead atoms. The molecule has 0 saturated carbocycles. The van der Waals surface area contributed by atoms with Crippen LogP contribution in [0.5, 0.6) is 5.75 Å². The number of thiophene rings is 2. The fourth-order valence-corrected chi connectivity index (χ4v) is 6.13. The van der Waals surface area contributed by atoms with Crippen molar-refractivity contribution in [2.75, 3.05) is 12.4 Å². The molecule has 0 unspecified atom stereocenters. The second-order valence-electron chi connectivity index (χ2n) is 8.04. The maximum absolute atomic E-state index is 13.0. The number of benzene rings is 1. The van der Waals surface area contributed by atoms with E-state index in [0.717, 1.165) is 60.1 Å². The topological polar surface area (TPSA) is 64.6 Å². The Morgan fingerprint density at radius 1 is 1.09 bits per heavy atom. The number of anilines is 1. The number of aryl methyl sites for hydroxylation is 3. The number of rotatable bonds is 6. The van der Waals surface area contributed by atoms with Crippen LogP contribution in [0.4, 0.5) is 5.00 Å². The van der Waals surface area contributed by atoms with Crippen LogP contribution in [0.15, 0.2) is 29.6 Å². The van der Waals surface area contributed by atoms with Crippen LogP contribution in [0.3, 0.4) is 0 Å². The van der Waals surface area contributed by atoms with Gasteiger partial charge >= 0.3 is 5.97 Å². The number of nitrogens with one attached hydrogen (secondary N) is 1. The highest BCUT2D eigenvalue weighted by atomic mass is 32.1. The van der Waals surface area contributed by atoms with Crippen LogP contribution in [-0.2, 0) is 24.2 Å². The number of amides is 1. The van der Waals surface area contributed by atoms with Gasteiger partial charge in [-0.2, -0.15) is 0 Å². The van der Waals surface area contributed by atoms with Crippen molar-refractivity contribution in [3.05, 3.63) is 67.2 Å². The van der Waals surface area contributed by atoms with Crippen LogP contribution in [-0.4, -0.2) is 19.0 Å². The van der Waals surface area contributed by atoms with Gasteiger partial charge in [-0.05, 0) is 67.7 Å². The highest BCUT2D eigenvalue weighted by Gasteiger charge is 2.26. The molecule has 1 aromatic carbocycles. The van der Waals surface area contributed by atoms with Crippen molar-refractivity contribution < 1.29 is 19.1 Å². The van der Waals surface area contributed by atoms with Crippen LogP contribution in [0, 0.1) is 13.8 Å². The SMILES string of the molecule is COC(=O)c1c(NC(=O)c2cc(COc3c(C)cccc3C)cs2)sc2c1CCCCC2. The van der Waals surface area contributed by atoms with Gasteiger partial charge in [0.2, 0.25) is 0 Å². The van der Waals surface area contributed by atoms with E-state index < -0.39 is 0 Å². The van der Waals surface area contributed by atoms with Crippen molar-refractivity contribution >= 4 is 39.6 Å². The molecule has 4 rings (SSSR count). The van der Waals surface area contributed by atoms with Crippen molar-refractivity contribution in [2.24, 2.45) is 0 Å². The van der Waals surface area contributed by atoms with Gasteiger partial charge in [0.25, 0.3) is 5.91 Å². The second kappa shape index (κ2) is 9.88. The number of para-hydroxylation sites is 1. The van der Waals surface area contributed by atoms with E-state index in [2.05, 4.69) is 5.32 Å². The highest BCUT2D eigenvalue weighted by Crippen LogP contribution is 2.38. The summed E-state index contributed by atoms with van der Waals surface area (Å²) in [6.07, 6.45) is 5.11. The Morgan fingerprint density at radius 2 is 1.84 bits per heavy atom. The zero-order valence-corrected chi connectivity index (χ0v) is 20.2. The lowest BCUT2D eigenvalue weighted by atomic mass is 10.1. The Labute approximate surface area is 196 Å². The average Bonchev–Trinajstić information content (AvgIpc) is 3.31. The highest BCUT2D eigenvalue weighted by molar-refractivity contribution is 7.17. The number of carbonyl (C=O) groups is 2. The first-order valence-corrected chi connectivity index (χ1v) is 12.5.